The SMILES string of the molecule is CCCC(CCC)(CCNC(=O)OC(C)(C)C)NC(=O)COCCOCCOCCOCCC(=O)OC(C)(C)C. The maximum atomic E-state index is 12.6. The van der Waals surface area contributed by atoms with Crippen molar-refractivity contribution in [3.05, 3.63) is 0 Å². The van der Waals surface area contributed by atoms with Crippen molar-refractivity contribution >= 4 is 18.0 Å². The second kappa shape index (κ2) is 20.9. The van der Waals surface area contributed by atoms with E-state index in [9.17, 15) is 14.4 Å². The van der Waals surface area contributed by atoms with Crippen molar-refractivity contribution in [1.29, 1.82) is 0 Å². The van der Waals surface area contributed by atoms with Gasteiger partial charge in [-0.15, -0.1) is 0 Å². The standard InChI is InChI=1S/C29H56N2O9/c1-9-12-29(13-10-2,14-15-30-26(34)40-28(6,7)8)31-24(32)23-38-22-21-37-20-19-36-18-17-35-16-11-25(33)39-27(3,4)5/h9-23H2,1-8H3,(H,30,34)(H,31,32). The molecule has 0 saturated heterocycles. The van der Waals surface area contributed by atoms with Crippen molar-refractivity contribution in [2.45, 2.75) is 111 Å². The van der Waals surface area contributed by atoms with Crippen LogP contribution in [0.25, 0.3) is 0 Å². The monoisotopic (exact) mass is 576 g/mol. The first-order valence-electron chi connectivity index (χ1n) is 14.5. The fourth-order valence-electron chi connectivity index (χ4n) is 3.94. The molecule has 0 aliphatic rings. The molecule has 0 aliphatic heterocycles. The molecule has 0 spiro atoms. The molecule has 0 bridgehead atoms. The molecule has 0 unspecified atom stereocenters. The van der Waals surface area contributed by atoms with Crippen molar-refractivity contribution in [2.24, 2.45) is 0 Å². The minimum Gasteiger partial charge on any atom is -0.460 e. The second-order valence-electron chi connectivity index (χ2n) is 11.7. The minimum absolute atomic E-state index is 0.0604. The molecule has 0 aromatic heterocycles. The van der Waals surface area contributed by atoms with Crippen LogP contribution in [0.3, 0.4) is 0 Å². The van der Waals surface area contributed by atoms with Crippen molar-refractivity contribution in [3.63, 3.8) is 0 Å². The quantitative estimate of drug-likeness (QED) is 0.144. The highest BCUT2D eigenvalue weighted by Gasteiger charge is 2.30. The number of alkyl carbamates (subject to hydrolysis) is 1. The Bertz CT molecular complexity index is 697. The normalized spacial score (nSPS) is 12.2. The van der Waals surface area contributed by atoms with Gasteiger partial charge in [0.2, 0.25) is 5.91 Å². The molecule has 236 valence electrons. The molecule has 11 nitrogen and oxygen atoms in total. The van der Waals surface area contributed by atoms with Gasteiger partial charge >= 0.3 is 12.1 Å². The number of rotatable bonds is 22. The highest BCUT2D eigenvalue weighted by molar-refractivity contribution is 5.78. The Balaban J connectivity index is 4.04. The Morgan fingerprint density at radius 3 is 1.57 bits per heavy atom. The van der Waals surface area contributed by atoms with Crippen LogP contribution in [0.15, 0.2) is 0 Å². The van der Waals surface area contributed by atoms with E-state index in [0.717, 1.165) is 25.7 Å². The van der Waals surface area contributed by atoms with Crippen molar-refractivity contribution in [1.82, 2.24) is 10.6 Å². The van der Waals surface area contributed by atoms with Gasteiger partial charge < -0.3 is 39.1 Å². The molecular weight excluding hydrogens is 520 g/mol. The van der Waals surface area contributed by atoms with Gasteiger partial charge in [0, 0.05) is 12.1 Å². The summed E-state index contributed by atoms with van der Waals surface area (Å²) in [4.78, 5) is 36.2. The molecule has 0 aliphatic carbocycles. The third-order valence-electron chi connectivity index (χ3n) is 5.35. The summed E-state index contributed by atoms with van der Waals surface area (Å²) in [7, 11) is 0. The topological polar surface area (TPSA) is 131 Å². The lowest BCUT2D eigenvalue weighted by Gasteiger charge is -2.35. The van der Waals surface area contributed by atoms with Crippen molar-refractivity contribution < 1.29 is 42.8 Å². The van der Waals surface area contributed by atoms with Gasteiger partial charge in [-0.3, -0.25) is 9.59 Å². The van der Waals surface area contributed by atoms with Crippen LogP contribution in [0, 0.1) is 0 Å². The van der Waals surface area contributed by atoms with Gasteiger partial charge in [0.15, 0.2) is 0 Å². The lowest BCUT2D eigenvalue weighted by molar-refractivity contribution is -0.156. The van der Waals surface area contributed by atoms with Gasteiger partial charge in [-0.2, -0.15) is 0 Å². The van der Waals surface area contributed by atoms with Crippen LogP contribution >= 0.6 is 0 Å². The highest BCUT2D eigenvalue weighted by atomic mass is 16.6. The molecule has 0 atom stereocenters. The van der Waals surface area contributed by atoms with Crippen LogP contribution < -0.4 is 10.6 Å². The molecule has 0 heterocycles. The van der Waals surface area contributed by atoms with Crippen LogP contribution in [0.1, 0.15) is 93.9 Å². The largest absolute Gasteiger partial charge is 0.460 e. The Morgan fingerprint density at radius 1 is 0.625 bits per heavy atom. The molecule has 2 N–H and O–H groups in total. The van der Waals surface area contributed by atoms with E-state index in [0.29, 0.717) is 52.6 Å². The molecule has 0 rings (SSSR count). The van der Waals surface area contributed by atoms with Crippen molar-refractivity contribution in [3.8, 4) is 0 Å². The number of hydrogen-bond donors (Lipinski definition) is 2. The number of carbonyl (C=O) groups is 3. The minimum atomic E-state index is -0.559. The second-order valence-corrected chi connectivity index (χ2v) is 11.7. The zero-order valence-electron chi connectivity index (χ0n) is 26.3. The van der Waals surface area contributed by atoms with E-state index in [4.69, 9.17) is 28.4 Å². The van der Waals surface area contributed by atoms with E-state index in [1.165, 1.54) is 0 Å². The van der Waals surface area contributed by atoms with E-state index in [1.807, 2.05) is 41.5 Å². The van der Waals surface area contributed by atoms with E-state index in [1.54, 1.807) is 0 Å². The summed E-state index contributed by atoms with van der Waals surface area (Å²) in [5.41, 5.74) is -1.46. The van der Waals surface area contributed by atoms with E-state index < -0.39 is 22.8 Å². The summed E-state index contributed by atoms with van der Waals surface area (Å²) in [6.45, 7) is 18.0. The summed E-state index contributed by atoms with van der Waals surface area (Å²) in [5, 5.41) is 5.95. The van der Waals surface area contributed by atoms with Gasteiger partial charge in [-0.1, -0.05) is 26.7 Å². The fourth-order valence-corrected chi connectivity index (χ4v) is 3.94. The molecule has 0 aromatic rings. The number of carbonyl (C=O) groups excluding carboxylic acids is 3. The molecular formula is C29H56N2O9. The number of amides is 2. The third kappa shape index (κ3) is 22.8. The van der Waals surface area contributed by atoms with Crippen LogP contribution in [0.2, 0.25) is 0 Å². The zero-order chi connectivity index (χ0) is 30.5. The average molecular weight is 577 g/mol. The number of hydrogen-bond acceptors (Lipinski definition) is 9. The fraction of sp³-hybridized carbons (Fsp3) is 0.897. The summed E-state index contributed by atoms with van der Waals surface area (Å²) < 4.78 is 32.3. The van der Waals surface area contributed by atoms with Crippen LogP contribution in [-0.2, 0) is 38.0 Å². The lowest BCUT2D eigenvalue weighted by Crippen LogP contribution is -2.51. The molecule has 0 fully saturated rings. The molecule has 0 aromatic carbocycles. The predicted molar refractivity (Wildman–Crippen MR) is 153 cm³/mol. The first-order valence-corrected chi connectivity index (χ1v) is 14.5. The Morgan fingerprint density at radius 2 is 1.10 bits per heavy atom. The van der Waals surface area contributed by atoms with Crippen molar-refractivity contribution in [2.75, 3.05) is 59.4 Å². The van der Waals surface area contributed by atoms with Crippen LogP contribution in [0.4, 0.5) is 4.79 Å². The first-order chi connectivity index (χ1) is 18.7. The maximum Gasteiger partial charge on any atom is 0.407 e. The van der Waals surface area contributed by atoms with Gasteiger partial charge in [0.05, 0.1) is 52.7 Å². The predicted octanol–water partition coefficient (Wildman–Crippen LogP) is 4.15. The summed E-state index contributed by atoms with van der Waals surface area (Å²) in [5.74, 6) is -0.468. The zero-order valence-corrected chi connectivity index (χ0v) is 26.3. The molecule has 0 saturated carbocycles. The lowest BCUT2D eigenvalue weighted by atomic mass is 9.85. The highest BCUT2D eigenvalue weighted by Crippen LogP contribution is 2.24. The van der Waals surface area contributed by atoms with E-state index in [2.05, 4.69) is 24.5 Å². The summed E-state index contributed by atoms with van der Waals surface area (Å²) in [6, 6.07) is 0. The first kappa shape index (κ1) is 38.0. The van der Waals surface area contributed by atoms with Gasteiger partial charge in [-0.25, -0.2) is 4.79 Å². The van der Waals surface area contributed by atoms with Crippen LogP contribution in [-0.4, -0.2) is 94.1 Å². The van der Waals surface area contributed by atoms with Gasteiger partial charge in [0.25, 0.3) is 0 Å². The third-order valence-corrected chi connectivity index (χ3v) is 5.35. The number of ether oxygens (including phenoxy) is 6. The summed E-state index contributed by atoms with van der Waals surface area (Å²) in [6.07, 6.45) is 3.78. The number of nitrogens with one attached hydrogen (secondary N) is 2. The number of esters is 1. The van der Waals surface area contributed by atoms with E-state index >= 15 is 0 Å². The van der Waals surface area contributed by atoms with Gasteiger partial charge in [0.1, 0.15) is 17.8 Å². The summed E-state index contributed by atoms with van der Waals surface area (Å²) >= 11 is 0. The smallest absolute Gasteiger partial charge is 0.407 e. The van der Waals surface area contributed by atoms with Gasteiger partial charge in [-0.05, 0) is 60.8 Å². The Hall–Kier alpha value is -1.95. The molecule has 11 heteroatoms. The van der Waals surface area contributed by atoms with E-state index in [-0.39, 0.29) is 31.5 Å². The Labute approximate surface area is 241 Å². The Kier molecular flexibility index (Phi) is 19.8. The maximum absolute atomic E-state index is 12.6. The van der Waals surface area contributed by atoms with Crippen LogP contribution in [0.5, 0.6) is 0 Å². The molecule has 2 amide bonds. The molecule has 0 radical (unpaired) electrons. The average Bonchev–Trinajstić information content (AvgIpc) is 2.80. The molecule has 40 heavy (non-hydrogen) atoms.